The molecule has 0 heterocycles. The van der Waals surface area contributed by atoms with E-state index in [-0.39, 0.29) is 12.1 Å². The summed E-state index contributed by atoms with van der Waals surface area (Å²) in [6.45, 7) is 0. The van der Waals surface area contributed by atoms with E-state index >= 15 is 0 Å². The van der Waals surface area contributed by atoms with Crippen LogP contribution in [0.15, 0.2) is 0 Å². The molecule has 0 aromatic carbocycles. The topological polar surface area (TPSA) is 66.8 Å². The van der Waals surface area contributed by atoms with Gasteiger partial charge in [-0.25, -0.2) is 4.79 Å². The first-order valence-electron chi connectivity index (χ1n) is 6.14. The maximum absolute atomic E-state index is 11.6. The molecule has 0 aromatic heterocycles. The smallest absolute Gasteiger partial charge is 0.329 e. The summed E-state index contributed by atoms with van der Waals surface area (Å²) in [6, 6.07) is 0.141. The van der Waals surface area contributed by atoms with Gasteiger partial charge < -0.3 is 14.7 Å². The Labute approximate surface area is 101 Å². The zero-order valence-electron chi connectivity index (χ0n) is 10.1. The van der Waals surface area contributed by atoms with Gasteiger partial charge in [0.1, 0.15) is 5.54 Å². The first kappa shape index (κ1) is 12.4. The zero-order chi connectivity index (χ0) is 12.5. The lowest BCUT2D eigenvalue weighted by Gasteiger charge is -2.43. The monoisotopic (exact) mass is 241 g/mol. The quantitative estimate of drug-likeness (QED) is 0.730. The Morgan fingerprint density at radius 1 is 1.35 bits per heavy atom. The van der Waals surface area contributed by atoms with Crippen LogP contribution in [0.2, 0.25) is 0 Å². The summed E-state index contributed by atoms with van der Waals surface area (Å²) in [4.78, 5) is 24.3. The van der Waals surface area contributed by atoms with E-state index in [0.717, 1.165) is 19.3 Å². The van der Waals surface area contributed by atoms with Crippen LogP contribution in [-0.4, -0.2) is 47.2 Å². The predicted molar refractivity (Wildman–Crippen MR) is 60.6 cm³/mol. The largest absolute Gasteiger partial charge is 0.479 e. The van der Waals surface area contributed by atoms with Crippen molar-refractivity contribution >= 4 is 12.4 Å². The fourth-order valence-corrected chi connectivity index (χ4v) is 2.78. The van der Waals surface area contributed by atoms with Crippen molar-refractivity contribution < 1.29 is 19.4 Å². The third kappa shape index (κ3) is 2.16. The number of rotatable bonds is 5. The number of carboxylic acids is 1. The Morgan fingerprint density at radius 3 is 2.29 bits per heavy atom. The van der Waals surface area contributed by atoms with Crippen LogP contribution in [0.25, 0.3) is 0 Å². The second-order valence-electron chi connectivity index (χ2n) is 5.02. The van der Waals surface area contributed by atoms with E-state index in [0.29, 0.717) is 25.7 Å². The van der Waals surface area contributed by atoms with Crippen LogP contribution in [0.3, 0.4) is 0 Å². The van der Waals surface area contributed by atoms with Crippen LogP contribution in [-0.2, 0) is 14.3 Å². The van der Waals surface area contributed by atoms with Crippen molar-refractivity contribution in [1.29, 1.82) is 0 Å². The van der Waals surface area contributed by atoms with Crippen LogP contribution < -0.4 is 0 Å². The molecule has 96 valence electrons. The first-order chi connectivity index (χ1) is 8.14. The molecule has 2 aliphatic rings. The lowest BCUT2D eigenvalue weighted by atomic mass is 9.79. The number of ether oxygens (including phenoxy) is 1. The first-order valence-corrected chi connectivity index (χ1v) is 6.14. The highest BCUT2D eigenvalue weighted by atomic mass is 16.5. The van der Waals surface area contributed by atoms with Crippen LogP contribution in [0, 0.1) is 0 Å². The number of carboxylic acid groups (broad SMARTS) is 1. The molecule has 0 saturated heterocycles. The van der Waals surface area contributed by atoms with E-state index in [1.807, 2.05) is 0 Å². The SMILES string of the molecule is COC1CCC(C(=O)O)(N(C=O)C2CC2)CC1. The Bertz CT molecular complexity index is 306. The highest BCUT2D eigenvalue weighted by Crippen LogP contribution is 2.40. The van der Waals surface area contributed by atoms with Crippen molar-refractivity contribution in [3.8, 4) is 0 Å². The molecular weight excluding hydrogens is 222 g/mol. The minimum atomic E-state index is -0.988. The Hall–Kier alpha value is -1.10. The summed E-state index contributed by atoms with van der Waals surface area (Å²) in [5.74, 6) is -0.869. The summed E-state index contributed by atoms with van der Waals surface area (Å²) in [6.07, 6.45) is 5.13. The van der Waals surface area contributed by atoms with Gasteiger partial charge in [0.05, 0.1) is 6.10 Å². The minimum Gasteiger partial charge on any atom is -0.479 e. The summed E-state index contributed by atoms with van der Waals surface area (Å²) < 4.78 is 5.25. The molecule has 0 bridgehead atoms. The summed E-state index contributed by atoms with van der Waals surface area (Å²) in [7, 11) is 1.65. The van der Waals surface area contributed by atoms with Crippen LogP contribution >= 0.6 is 0 Å². The molecule has 2 fully saturated rings. The molecule has 0 radical (unpaired) electrons. The van der Waals surface area contributed by atoms with Crippen molar-refractivity contribution in [2.75, 3.05) is 7.11 Å². The van der Waals surface area contributed by atoms with Crippen LogP contribution in [0.4, 0.5) is 0 Å². The number of amides is 1. The molecule has 5 nitrogen and oxygen atoms in total. The number of carbonyl (C=O) groups is 2. The highest BCUT2D eigenvalue weighted by Gasteiger charge is 2.51. The molecule has 0 atom stereocenters. The number of nitrogens with zero attached hydrogens (tertiary/aromatic N) is 1. The Kier molecular flexibility index (Phi) is 3.38. The van der Waals surface area contributed by atoms with Gasteiger partial charge in [0.15, 0.2) is 0 Å². The molecule has 0 aliphatic heterocycles. The predicted octanol–water partition coefficient (Wildman–Crippen LogP) is 1.02. The van der Waals surface area contributed by atoms with Gasteiger partial charge >= 0.3 is 5.97 Å². The molecular formula is C12H19NO4. The van der Waals surface area contributed by atoms with E-state index in [9.17, 15) is 14.7 Å². The lowest BCUT2D eigenvalue weighted by molar-refractivity contribution is -0.160. The van der Waals surface area contributed by atoms with E-state index in [4.69, 9.17) is 4.74 Å². The van der Waals surface area contributed by atoms with Gasteiger partial charge in [-0.15, -0.1) is 0 Å². The van der Waals surface area contributed by atoms with E-state index in [1.165, 1.54) is 0 Å². The van der Waals surface area contributed by atoms with E-state index in [1.54, 1.807) is 12.0 Å². The Morgan fingerprint density at radius 2 is 1.94 bits per heavy atom. The van der Waals surface area contributed by atoms with E-state index in [2.05, 4.69) is 0 Å². The molecule has 0 unspecified atom stereocenters. The maximum Gasteiger partial charge on any atom is 0.329 e. The van der Waals surface area contributed by atoms with Gasteiger partial charge in [-0.2, -0.15) is 0 Å². The van der Waals surface area contributed by atoms with Gasteiger partial charge in [-0.1, -0.05) is 0 Å². The molecule has 17 heavy (non-hydrogen) atoms. The average Bonchev–Trinajstić information content (AvgIpc) is 3.15. The van der Waals surface area contributed by atoms with Gasteiger partial charge in [0.2, 0.25) is 6.41 Å². The molecule has 0 aromatic rings. The van der Waals surface area contributed by atoms with Crippen LogP contribution in [0.5, 0.6) is 0 Å². The minimum absolute atomic E-state index is 0.134. The number of hydrogen-bond donors (Lipinski definition) is 1. The molecule has 0 spiro atoms. The van der Waals surface area contributed by atoms with Gasteiger partial charge in [0.25, 0.3) is 0 Å². The number of methoxy groups -OCH3 is 1. The standard InChI is InChI=1S/C12H19NO4/c1-17-10-4-6-12(7-5-10,11(15)16)13(8-14)9-2-3-9/h8-10H,2-7H2,1H3,(H,15,16). The molecule has 2 saturated carbocycles. The summed E-state index contributed by atoms with van der Waals surface area (Å²) >= 11 is 0. The second-order valence-corrected chi connectivity index (χ2v) is 5.02. The zero-order valence-corrected chi connectivity index (χ0v) is 10.1. The molecule has 5 heteroatoms. The third-order valence-electron chi connectivity index (χ3n) is 4.04. The van der Waals surface area contributed by atoms with Crippen molar-refractivity contribution in [1.82, 2.24) is 4.90 Å². The van der Waals surface area contributed by atoms with Crippen molar-refractivity contribution in [3.05, 3.63) is 0 Å². The fraction of sp³-hybridized carbons (Fsp3) is 0.833. The number of aliphatic carboxylic acids is 1. The second kappa shape index (κ2) is 4.64. The summed E-state index contributed by atoms with van der Waals surface area (Å²) in [5, 5.41) is 9.48. The normalized spacial score (nSPS) is 33.1. The Balaban J connectivity index is 2.15. The fourth-order valence-electron chi connectivity index (χ4n) is 2.78. The molecule has 1 amide bonds. The van der Waals surface area contributed by atoms with E-state index < -0.39 is 11.5 Å². The number of hydrogen-bond acceptors (Lipinski definition) is 3. The number of carbonyl (C=O) groups excluding carboxylic acids is 1. The van der Waals surface area contributed by atoms with Gasteiger partial charge in [-0.3, -0.25) is 4.79 Å². The third-order valence-corrected chi connectivity index (χ3v) is 4.04. The highest BCUT2D eigenvalue weighted by molar-refractivity contribution is 5.82. The molecule has 1 N–H and O–H groups in total. The average molecular weight is 241 g/mol. The van der Waals surface area contributed by atoms with Gasteiger partial charge in [-0.05, 0) is 38.5 Å². The van der Waals surface area contributed by atoms with Crippen LogP contribution in [0.1, 0.15) is 38.5 Å². The maximum atomic E-state index is 11.6. The van der Waals surface area contributed by atoms with Crippen molar-refractivity contribution in [3.63, 3.8) is 0 Å². The van der Waals surface area contributed by atoms with Crippen molar-refractivity contribution in [2.45, 2.75) is 56.2 Å². The van der Waals surface area contributed by atoms with Gasteiger partial charge in [0, 0.05) is 13.2 Å². The van der Waals surface area contributed by atoms with Crippen molar-refractivity contribution in [2.24, 2.45) is 0 Å². The molecule has 2 rings (SSSR count). The lowest BCUT2D eigenvalue weighted by Crippen LogP contribution is -2.57. The molecule has 2 aliphatic carbocycles. The summed E-state index contributed by atoms with van der Waals surface area (Å²) in [5.41, 5.74) is -0.988.